The number of pyridine rings is 1. The molecule has 2 aromatic rings. The summed E-state index contributed by atoms with van der Waals surface area (Å²) in [5, 5.41) is 11.7. The van der Waals surface area contributed by atoms with Crippen molar-refractivity contribution in [3.8, 4) is 11.5 Å². The van der Waals surface area contributed by atoms with Gasteiger partial charge < -0.3 is 14.0 Å². The van der Waals surface area contributed by atoms with Crippen LogP contribution in [0.3, 0.4) is 0 Å². The molecular formula is C20H26N2O6. The number of nitrogens with zero attached hydrogens (tertiary/aromatic N) is 2. The molecule has 8 nitrogen and oxygen atoms in total. The van der Waals surface area contributed by atoms with E-state index in [4.69, 9.17) is 9.47 Å². The number of methoxy groups -OCH3 is 1. The van der Waals surface area contributed by atoms with Gasteiger partial charge in [-0.2, -0.15) is 0 Å². The van der Waals surface area contributed by atoms with Gasteiger partial charge in [0.15, 0.2) is 5.75 Å². The molecule has 8 heteroatoms. The number of carbonyl (C=O) groups is 1. The normalized spacial score (nSPS) is 10.8. The van der Waals surface area contributed by atoms with E-state index in [2.05, 4.69) is 6.92 Å². The first kappa shape index (κ1) is 21.4. The number of ether oxygens (including phenoxy) is 2. The molecule has 0 spiro atoms. The fraction of sp³-hybridized carbons (Fsp3) is 0.500. The Morgan fingerprint density at radius 1 is 1.14 bits per heavy atom. The molecule has 1 aromatic heterocycles. The van der Waals surface area contributed by atoms with Gasteiger partial charge in [-0.3, -0.25) is 19.7 Å². The summed E-state index contributed by atoms with van der Waals surface area (Å²) in [6.45, 7) is 3.73. The topological polar surface area (TPSA) is 101 Å². The van der Waals surface area contributed by atoms with Crippen molar-refractivity contribution in [1.29, 1.82) is 0 Å². The smallest absolute Gasteiger partial charge is 0.308 e. The molecule has 28 heavy (non-hydrogen) atoms. The fourth-order valence-corrected chi connectivity index (χ4v) is 3.21. The Morgan fingerprint density at radius 2 is 1.82 bits per heavy atom. The molecule has 0 unspecified atom stereocenters. The van der Waals surface area contributed by atoms with Crippen molar-refractivity contribution in [2.24, 2.45) is 0 Å². The largest absolute Gasteiger partial charge is 0.492 e. The number of nitro groups is 1. The van der Waals surface area contributed by atoms with Crippen LogP contribution < -0.4 is 15.0 Å². The van der Waals surface area contributed by atoms with Crippen LogP contribution in [0.5, 0.6) is 11.5 Å². The van der Waals surface area contributed by atoms with Crippen molar-refractivity contribution in [3.05, 3.63) is 38.7 Å². The van der Waals surface area contributed by atoms with E-state index in [9.17, 15) is 19.7 Å². The Hall–Kier alpha value is -2.90. The van der Waals surface area contributed by atoms with Gasteiger partial charge in [0.05, 0.1) is 17.5 Å². The van der Waals surface area contributed by atoms with Crippen molar-refractivity contribution >= 4 is 22.6 Å². The quantitative estimate of drug-likeness (QED) is 0.261. The van der Waals surface area contributed by atoms with Crippen LogP contribution in [0.4, 0.5) is 5.69 Å². The lowest BCUT2D eigenvalue weighted by Crippen LogP contribution is -2.25. The van der Waals surface area contributed by atoms with Crippen LogP contribution in [-0.2, 0) is 11.3 Å². The lowest BCUT2D eigenvalue weighted by molar-refractivity contribution is -0.384. The Labute approximate surface area is 163 Å². The van der Waals surface area contributed by atoms with Crippen LogP contribution in [-0.4, -0.2) is 22.6 Å². The molecule has 0 aliphatic carbocycles. The second-order valence-corrected chi connectivity index (χ2v) is 6.64. The molecule has 0 aliphatic rings. The second kappa shape index (κ2) is 9.87. The predicted octanol–water partition coefficient (Wildman–Crippen LogP) is 4.20. The minimum absolute atomic E-state index is 0.101. The Kier molecular flexibility index (Phi) is 7.54. The van der Waals surface area contributed by atoms with Crippen molar-refractivity contribution in [3.63, 3.8) is 0 Å². The number of hydrogen-bond acceptors (Lipinski definition) is 6. The third kappa shape index (κ3) is 4.88. The molecule has 0 aliphatic heterocycles. The number of nitro benzene ring substituents is 1. The number of fused-ring (bicyclic) bond motifs is 1. The maximum Gasteiger partial charge on any atom is 0.308 e. The molecule has 0 N–H and O–H groups in total. The lowest BCUT2D eigenvalue weighted by Gasteiger charge is -2.16. The number of rotatable bonds is 10. The number of benzene rings is 1. The van der Waals surface area contributed by atoms with Crippen LogP contribution in [0.1, 0.15) is 52.4 Å². The molecule has 152 valence electrons. The van der Waals surface area contributed by atoms with E-state index in [1.54, 1.807) is 0 Å². The summed E-state index contributed by atoms with van der Waals surface area (Å²) in [6, 6.07) is 4.20. The molecule has 0 amide bonds. The highest BCUT2D eigenvalue weighted by Crippen LogP contribution is 2.34. The minimum atomic E-state index is -0.636. The first-order chi connectivity index (χ1) is 13.4. The summed E-state index contributed by atoms with van der Waals surface area (Å²) >= 11 is 0. The van der Waals surface area contributed by atoms with Crippen LogP contribution in [0, 0.1) is 10.1 Å². The highest BCUT2D eigenvalue weighted by molar-refractivity contribution is 5.90. The fourth-order valence-electron chi connectivity index (χ4n) is 3.21. The summed E-state index contributed by atoms with van der Waals surface area (Å²) in [4.78, 5) is 35.1. The zero-order valence-corrected chi connectivity index (χ0v) is 16.5. The number of carbonyl (C=O) groups excluding carboxylic acids is 1. The lowest BCUT2D eigenvalue weighted by atomic mass is 10.1. The standard InChI is InChI=1S/C20H26N2O6/c1-4-5-6-7-8-9-12-21-17-13-15(22(25)26)10-11-16(17)18(27-3)19(20(21)24)28-14(2)23/h10-11,13H,4-9,12H2,1-3H3. The highest BCUT2D eigenvalue weighted by Gasteiger charge is 2.22. The number of non-ortho nitro benzene ring substituents is 1. The maximum absolute atomic E-state index is 13.0. The molecule has 0 fully saturated rings. The molecule has 0 atom stereocenters. The van der Waals surface area contributed by atoms with Crippen LogP contribution >= 0.6 is 0 Å². The van der Waals surface area contributed by atoms with Gasteiger partial charge in [-0.1, -0.05) is 39.0 Å². The average molecular weight is 390 g/mol. The summed E-state index contributed by atoms with van der Waals surface area (Å²) < 4.78 is 11.9. The van der Waals surface area contributed by atoms with Gasteiger partial charge in [-0.25, -0.2) is 0 Å². The summed E-state index contributed by atoms with van der Waals surface area (Å²) in [7, 11) is 1.36. The van der Waals surface area contributed by atoms with E-state index in [0.717, 1.165) is 32.1 Å². The third-order valence-corrected chi connectivity index (χ3v) is 4.56. The molecule has 0 radical (unpaired) electrons. The van der Waals surface area contributed by atoms with Gasteiger partial charge in [0.25, 0.3) is 11.2 Å². The second-order valence-electron chi connectivity index (χ2n) is 6.64. The molecule has 0 saturated carbocycles. The minimum Gasteiger partial charge on any atom is -0.492 e. The molecule has 0 saturated heterocycles. The molecule has 0 bridgehead atoms. The zero-order chi connectivity index (χ0) is 20.7. The van der Waals surface area contributed by atoms with Gasteiger partial charge in [0, 0.05) is 31.0 Å². The van der Waals surface area contributed by atoms with Crippen LogP contribution in [0.15, 0.2) is 23.0 Å². The summed E-state index contributed by atoms with van der Waals surface area (Å²) in [5.41, 5.74) is -0.264. The Balaban J connectivity index is 2.52. The third-order valence-electron chi connectivity index (χ3n) is 4.56. The number of aromatic nitrogens is 1. The number of hydrogen-bond donors (Lipinski definition) is 0. The van der Waals surface area contributed by atoms with Crippen molar-refractivity contribution in [2.45, 2.75) is 58.9 Å². The number of aryl methyl sites for hydroxylation is 1. The van der Waals surface area contributed by atoms with E-state index in [-0.39, 0.29) is 17.2 Å². The average Bonchev–Trinajstić information content (AvgIpc) is 2.66. The molecule has 1 aromatic carbocycles. The molecule has 2 rings (SSSR count). The Bertz CT molecular complexity index is 919. The predicted molar refractivity (Wildman–Crippen MR) is 106 cm³/mol. The summed E-state index contributed by atoms with van der Waals surface area (Å²) in [6.07, 6.45) is 6.21. The molecular weight excluding hydrogens is 364 g/mol. The molecule has 1 heterocycles. The number of unbranched alkanes of at least 4 members (excludes halogenated alkanes) is 5. The summed E-state index contributed by atoms with van der Waals surface area (Å²) in [5.74, 6) is -0.727. The maximum atomic E-state index is 13.0. The monoisotopic (exact) mass is 390 g/mol. The van der Waals surface area contributed by atoms with Gasteiger partial charge in [0.1, 0.15) is 0 Å². The zero-order valence-electron chi connectivity index (χ0n) is 16.5. The van der Waals surface area contributed by atoms with E-state index in [0.29, 0.717) is 17.4 Å². The Morgan fingerprint density at radius 3 is 2.43 bits per heavy atom. The van der Waals surface area contributed by atoms with Gasteiger partial charge >= 0.3 is 5.97 Å². The van der Waals surface area contributed by atoms with Crippen molar-refractivity contribution in [2.75, 3.05) is 7.11 Å². The number of esters is 1. The van der Waals surface area contributed by atoms with Gasteiger partial charge in [0.2, 0.25) is 5.75 Å². The van der Waals surface area contributed by atoms with Gasteiger partial charge in [-0.05, 0) is 12.5 Å². The first-order valence-electron chi connectivity index (χ1n) is 9.48. The first-order valence-corrected chi connectivity index (χ1v) is 9.48. The van der Waals surface area contributed by atoms with E-state index in [1.807, 2.05) is 0 Å². The van der Waals surface area contributed by atoms with E-state index < -0.39 is 16.5 Å². The highest BCUT2D eigenvalue weighted by atomic mass is 16.6. The van der Waals surface area contributed by atoms with Crippen LogP contribution in [0.25, 0.3) is 10.9 Å². The van der Waals surface area contributed by atoms with E-state index in [1.165, 1.54) is 43.2 Å². The SMILES string of the molecule is CCCCCCCCn1c(=O)c(OC(C)=O)c(OC)c2ccc([N+](=O)[O-])cc21. The van der Waals surface area contributed by atoms with E-state index >= 15 is 0 Å². The van der Waals surface area contributed by atoms with Gasteiger partial charge in [-0.15, -0.1) is 0 Å². The van der Waals surface area contributed by atoms with Crippen LogP contribution in [0.2, 0.25) is 0 Å². The van der Waals surface area contributed by atoms with Crippen molar-refractivity contribution in [1.82, 2.24) is 4.57 Å². The van der Waals surface area contributed by atoms with Crippen molar-refractivity contribution < 1.29 is 19.2 Å².